The Morgan fingerprint density at radius 2 is 1.96 bits per heavy atom. The molecule has 1 saturated carbocycles. The van der Waals surface area contributed by atoms with Crippen molar-refractivity contribution < 1.29 is 9.21 Å². The second-order valence-corrected chi connectivity index (χ2v) is 7.19. The summed E-state index contributed by atoms with van der Waals surface area (Å²) in [5.41, 5.74) is 4.44. The summed E-state index contributed by atoms with van der Waals surface area (Å²) in [6.45, 7) is 2.63. The van der Waals surface area contributed by atoms with Crippen LogP contribution in [0.1, 0.15) is 41.1 Å². The molecule has 2 aromatic rings. The van der Waals surface area contributed by atoms with Gasteiger partial charge in [0.15, 0.2) is 5.78 Å². The summed E-state index contributed by atoms with van der Waals surface area (Å²) < 4.78 is 7.84. The Morgan fingerprint density at radius 1 is 1.31 bits per heavy atom. The lowest BCUT2D eigenvalue weighted by Crippen LogP contribution is -2.43. The lowest BCUT2D eigenvalue weighted by molar-refractivity contribution is 0.0937. The molecular weight excluding hydrogens is 336 g/mol. The Balaban J connectivity index is 1.73. The first kappa shape index (κ1) is 18.2. The minimum Gasteiger partial charge on any atom is -0.464 e. The molecule has 8 heteroatoms. The van der Waals surface area contributed by atoms with Crippen LogP contribution in [-0.2, 0) is 20.6 Å². The molecule has 0 spiro atoms. The van der Waals surface area contributed by atoms with Crippen molar-refractivity contribution in [3.63, 3.8) is 0 Å². The number of carbonyl (C=O) groups is 1. The number of Topliss-reactive ketones (excluding diaryl/α,β-unsaturated/α-hetero) is 1. The largest absolute Gasteiger partial charge is 0.464 e. The molecule has 0 amide bonds. The van der Waals surface area contributed by atoms with Gasteiger partial charge in [0.05, 0.1) is 13.1 Å². The molecule has 8 nitrogen and oxygen atoms in total. The van der Waals surface area contributed by atoms with Gasteiger partial charge in [0.2, 0.25) is 0 Å². The maximum atomic E-state index is 12.6. The van der Waals surface area contributed by atoms with Crippen molar-refractivity contribution in [2.45, 2.75) is 25.8 Å². The van der Waals surface area contributed by atoms with Crippen molar-refractivity contribution in [2.24, 2.45) is 20.0 Å². The van der Waals surface area contributed by atoms with Crippen LogP contribution < -0.4 is 17.0 Å². The lowest BCUT2D eigenvalue weighted by Gasteiger charge is -2.16. The quantitative estimate of drug-likeness (QED) is 0.761. The Labute approximate surface area is 150 Å². The van der Waals surface area contributed by atoms with E-state index in [0.717, 1.165) is 27.1 Å². The second kappa shape index (κ2) is 6.60. The van der Waals surface area contributed by atoms with Crippen LogP contribution in [0.5, 0.6) is 0 Å². The number of carbonyl (C=O) groups excluding carboxylic acids is 1. The molecular formula is C18H24N4O4. The number of ketones is 1. The van der Waals surface area contributed by atoms with E-state index in [-0.39, 0.29) is 17.9 Å². The maximum Gasteiger partial charge on any atom is 0.332 e. The zero-order chi connectivity index (χ0) is 19.2. The van der Waals surface area contributed by atoms with Gasteiger partial charge < -0.3 is 10.2 Å². The third kappa shape index (κ3) is 3.24. The summed E-state index contributed by atoms with van der Waals surface area (Å²) in [7, 11) is 4.52. The summed E-state index contributed by atoms with van der Waals surface area (Å²) in [6.07, 6.45) is 1.15. The number of hydrogen-bond donors (Lipinski definition) is 1. The van der Waals surface area contributed by atoms with Crippen LogP contribution in [0.4, 0.5) is 5.82 Å². The number of hydrogen-bond acceptors (Lipinski definition) is 6. The van der Waals surface area contributed by atoms with Crippen molar-refractivity contribution in [3.05, 3.63) is 50.1 Å². The van der Waals surface area contributed by atoms with Crippen LogP contribution in [0, 0.1) is 5.92 Å². The molecule has 2 atom stereocenters. The monoisotopic (exact) mass is 360 g/mol. The number of nitrogen functional groups attached to an aromatic ring is 1. The van der Waals surface area contributed by atoms with Crippen LogP contribution in [0.2, 0.25) is 0 Å². The molecule has 2 heterocycles. The van der Waals surface area contributed by atoms with E-state index in [1.165, 1.54) is 14.1 Å². The van der Waals surface area contributed by atoms with Crippen LogP contribution in [0.25, 0.3) is 0 Å². The van der Waals surface area contributed by atoms with E-state index in [4.69, 9.17) is 10.2 Å². The van der Waals surface area contributed by atoms with Crippen LogP contribution in [0.15, 0.2) is 26.1 Å². The average Bonchev–Trinajstić information content (AvgIpc) is 3.13. The van der Waals surface area contributed by atoms with Gasteiger partial charge in [0.1, 0.15) is 22.9 Å². The van der Waals surface area contributed by atoms with Gasteiger partial charge in [-0.3, -0.25) is 23.6 Å². The molecule has 2 aromatic heterocycles. The standard InChI is InChI=1S/C18H24N4O4/c1-10-7-12(10)14-6-5-11(26-14)8-20(2)9-13(23)15-16(19)21(3)18(25)22(4)17(15)24/h5-6,10,12H,7-9,19H2,1-4H3/t10-,12-/m0/s1. The van der Waals surface area contributed by atoms with Crippen molar-refractivity contribution >= 4 is 11.6 Å². The number of furan rings is 1. The fraction of sp³-hybridized carbons (Fsp3) is 0.500. The maximum absolute atomic E-state index is 12.6. The van der Waals surface area contributed by atoms with E-state index in [1.54, 1.807) is 11.9 Å². The van der Waals surface area contributed by atoms with E-state index >= 15 is 0 Å². The van der Waals surface area contributed by atoms with Crippen molar-refractivity contribution in [1.82, 2.24) is 14.0 Å². The van der Waals surface area contributed by atoms with Gasteiger partial charge in [0, 0.05) is 20.0 Å². The lowest BCUT2D eigenvalue weighted by atomic mass is 10.2. The molecule has 0 aromatic carbocycles. The van der Waals surface area contributed by atoms with Gasteiger partial charge in [-0.1, -0.05) is 6.92 Å². The number of nitrogens with zero attached hydrogens (tertiary/aromatic N) is 3. The minimum absolute atomic E-state index is 0.00644. The van der Waals surface area contributed by atoms with E-state index < -0.39 is 17.0 Å². The topological polar surface area (TPSA) is 103 Å². The van der Waals surface area contributed by atoms with Crippen LogP contribution >= 0.6 is 0 Å². The molecule has 3 rings (SSSR count). The Hall–Kier alpha value is -2.61. The average molecular weight is 360 g/mol. The molecule has 1 aliphatic rings. The molecule has 0 aliphatic heterocycles. The van der Waals surface area contributed by atoms with Crippen molar-refractivity contribution in [3.8, 4) is 0 Å². The zero-order valence-corrected chi connectivity index (χ0v) is 15.5. The Kier molecular flexibility index (Phi) is 4.62. The molecule has 0 bridgehead atoms. The molecule has 26 heavy (non-hydrogen) atoms. The first-order valence-corrected chi connectivity index (χ1v) is 8.56. The predicted molar refractivity (Wildman–Crippen MR) is 97.2 cm³/mol. The van der Waals surface area contributed by atoms with Gasteiger partial charge in [0.25, 0.3) is 5.56 Å². The highest BCUT2D eigenvalue weighted by molar-refractivity contribution is 6.01. The molecule has 1 aliphatic carbocycles. The first-order chi connectivity index (χ1) is 12.2. The Morgan fingerprint density at radius 3 is 2.58 bits per heavy atom. The van der Waals surface area contributed by atoms with Gasteiger partial charge in [-0.25, -0.2) is 4.79 Å². The van der Waals surface area contributed by atoms with Gasteiger partial charge in [-0.05, 0) is 31.5 Å². The molecule has 0 radical (unpaired) electrons. The first-order valence-electron chi connectivity index (χ1n) is 8.56. The zero-order valence-electron chi connectivity index (χ0n) is 15.5. The summed E-state index contributed by atoms with van der Waals surface area (Å²) in [6, 6.07) is 3.90. The molecule has 1 fully saturated rings. The number of aromatic nitrogens is 2. The van der Waals surface area contributed by atoms with Crippen molar-refractivity contribution in [1.29, 1.82) is 0 Å². The summed E-state index contributed by atoms with van der Waals surface area (Å²) in [4.78, 5) is 38.5. The number of anilines is 1. The van der Waals surface area contributed by atoms with E-state index in [2.05, 4.69) is 6.92 Å². The van der Waals surface area contributed by atoms with E-state index in [0.29, 0.717) is 18.4 Å². The number of rotatable bonds is 6. The minimum atomic E-state index is -0.674. The van der Waals surface area contributed by atoms with Crippen molar-refractivity contribution in [2.75, 3.05) is 19.3 Å². The van der Waals surface area contributed by atoms with Gasteiger partial charge in [-0.15, -0.1) is 0 Å². The Bertz CT molecular complexity index is 969. The highest BCUT2D eigenvalue weighted by atomic mass is 16.3. The third-order valence-corrected chi connectivity index (χ3v) is 4.99. The normalized spacial score (nSPS) is 19.1. The van der Waals surface area contributed by atoms with E-state index in [9.17, 15) is 14.4 Å². The predicted octanol–water partition coefficient (Wildman–Crippen LogP) is 0.697. The highest BCUT2D eigenvalue weighted by Gasteiger charge is 2.36. The molecule has 0 unspecified atom stereocenters. The molecule has 140 valence electrons. The van der Waals surface area contributed by atoms with E-state index in [1.807, 2.05) is 12.1 Å². The fourth-order valence-corrected chi connectivity index (χ4v) is 3.17. The van der Waals surface area contributed by atoms with Gasteiger partial charge >= 0.3 is 5.69 Å². The summed E-state index contributed by atoms with van der Waals surface area (Å²) >= 11 is 0. The number of nitrogens with two attached hydrogens (primary N) is 1. The summed E-state index contributed by atoms with van der Waals surface area (Å²) in [5, 5.41) is 0. The number of likely N-dealkylation sites (N-methyl/N-ethyl adjacent to an activating group) is 1. The molecule has 0 saturated heterocycles. The molecule has 2 N–H and O–H groups in total. The van der Waals surface area contributed by atoms with Crippen LogP contribution in [0.3, 0.4) is 0 Å². The smallest absolute Gasteiger partial charge is 0.332 e. The highest BCUT2D eigenvalue weighted by Crippen LogP contribution is 2.47. The third-order valence-electron chi connectivity index (χ3n) is 4.99. The summed E-state index contributed by atoms with van der Waals surface area (Å²) in [5.74, 6) is 2.39. The van der Waals surface area contributed by atoms with Gasteiger partial charge in [-0.2, -0.15) is 0 Å². The SMILES string of the molecule is C[C@H]1C[C@@H]1c1ccc(CN(C)CC(=O)c2c(N)n(C)c(=O)n(C)c2=O)o1. The second-order valence-electron chi connectivity index (χ2n) is 7.19. The van der Waals surface area contributed by atoms with Crippen LogP contribution in [-0.4, -0.2) is 33.4 Å². The fourth-order valence-electron chi connectivity index (χ4n) is 3.17.